The van der Waals surface area contributed by atoms with Crippen molar-refractivity contribution in [1.82, 2.24) is 15.5 Å². The minimum Gasteiger partial charge on any atom is -0.351 e. The Morgan fingerprint density at radius 3 is 2.93 bits per heavy atom. The molecule has 5 nitrogen and oxygen atoms in total. The maximum Gasteiger partial charge on any atom is 0.254 e. The van der Waals surface area contributed by atoms with E-state index < -0.39 is 0 Å². The van der Waals surface area contributed by atoms with Gasteiger partial charge < -0.3 is 11.1 Å². The van der Waals surface area contributed by atoms with Crippen LogP contribution in [0.1, 0.15) is 24.2 Å². The molecule has 14 heavy (non-hydrogen) atoms. The van der Waals surface area contributed by atoms with E-state index in [-0.39, 0.29) is 11.3 Å². The number of rotatable bonds is 4. The number of nitrogens with two attached hydrogens (primary N) is 1. The highest BCUT2D eigenvalue weighted by Crippen LogP contribution is 2.10. The fourth-order valence-electron chi connectivity index (χ4n) is 0.869. The van der Waals surface area contributed by atoms with Crippen LogP contribution in [0.15, 0.2) is 12.4 Å². The lowest BCUT2D eigenvalue weighted by atomic mass is 9.94. The van der Waals surface area contributed by atoms with Crippen molar-refractivity contribution in [3.8, 4) is 0 Å². The number of aromatic nitrogens is 2. The van der Waals surface area contributed by atoms with E-state index in [1.54, 1.807) is 6.20 Å². The summed E-state index contributed by atoms with van der Waals surface area (Å²) in [6.45, 7) is 5.11. The van der Waals surface area contributed by atoms with E-state index in [2.05, 4.69) is 15.5 Å². The third kappa shape index (κ3) is 2.85. The molecule has 0 aliphatic heterocycles. The molecule has 5 heteroatoms. The van der Waals surface area contributed by atoms with Crippen molar-refractivity contribution in [2.75, 3.05) is 13.1 Å². The molecule has 4 N–H and O–H groups in total. The van der Waals surface area contributed by atoms with E-state index in [0.29, 0.717) is 18.7 Å². The standard InChI is InChI=1S/C9H16N4O/c1-9(2,5-10)6-11-8(14)7-3-12-13-4-7/h3-4H,5-6,10H2,1-2H3,(H,11,14)(H,12,13). The molecule has 78 valence electrons. The molecule has 0 aliphatic carbocycles. The van der Waals surface area contributed by atoms with Crippen LogP contribution in [0.25, 0.3) is 0 Å². The summed E-state index contributed by atoms with van der Waals surface area (Å²) >= 11 is 0. The Kier molecular flexibility index (Phi) is 3.24. The Bertz CT molecular complexity index is 292. The summed E-state index contributed by atoms with van der Waals surface area (Å²) < 4.78 is 0. The number of amides is 1. The summed E-state index contributed by atoms with van der Waals surface area (Å²) in [5.41, 5.74) is 6.01. The molecule has 0 radical (unpaired) electrons. The number of carbonyl (C=O) groups excluding carboxylic acids is 1. The number of hydrogen-bond acceptors (Lipinski definition) is 3. The van der Waals surface area contributed by atoms with Crippen LogP contribution in [0.3, 0.4) is 0 Å². The van der Waals surface area contributed by atoms with Crippen molar-refractivity contribution in [1.29, 1.82) is 0 Å². The lowest BCUT2D eigenvalue weighted by molar-refractivity contribution is 0.0938. The Hall–Kier alpha value is -1.36. The normalized spacial score (nSPS) is 11.4. The Balaban J connectivity index is 2.43. The zero-order valence-electron chi connectivity index (χ0n) is 8.50. The van der Waals surface area contributed by atoms with E-state index in [1.165, 1.54) is 6.20 Å². The van der Waals surface area contributed by atoms with Gasteiger partial charge in [0.2, 0.25) is 0 Å². The highest BCUT2D eigenvalue weighted by molar-refractivity contribution is 5.93. The van der Waals surface area contributed by atoms with Crippen LogP contribution >= 0.6 is 0 Å². The average molecular weight is 196 g/mol. The Labute approximate surface area is 83.1 Å². The Morgan fingerprint density at radius 2 is 2.43 bits per heavy atom. The van der Waals surface area contributed by atoms with E-state index in [0.717, 1.165) is 0 Å². The predicted octanol–water partition coefficient (Wildman–Crippen LogP) is 0.124. The second-order valence-corrected chi connectivity index (χ2v) is 4.04. The molecular weight excluding hydrogens is 180 g/mol. The van der Waals surface area contributed by atoms with Crippen LogP contribution in [0.5, 0.6) is 0 Å². The van der Waals surface area contributed by atoms with E-state index >= 15 is 0 Å². The third-order valence-corrected chi connectivity index (χ3v) is 2.04. The molecular formula is C9H16N4O. The van der Waals surface area contributed by atoms with Crippen LogP contribution in [0, 0.1) is 5.41 Å². The monoisotopic (exact) mass is 196 g/mol. The molecule has 0 saturated carbocycles. The van der Waals surface area contributed by atoms with Crippen LogP contribution in [-0.2, 0) is 0 Å². The van der Waals surface area contributed by atoms with Crippen molar-refractivity contribution in [3.63, 3.8) is 0 Å². The molecule has 0 unspecified atom stereocenters. The Morgan fingerprint density at radius 1 is 1.71 bits per heavy atom. The van der Waals surface area contributed by atoms with Gasteiger partial charge in [-0.25, -0.2) is 0 Å². The second kappa shape index (κ2) is 4.23. The lowest BCUT2D eigenvalue weighted by Crippen LogP contribution is -2.38. The van der Waals surface area contributed by atoms with Gasteiger partial charge in [0.25, 0.3) is 5.91 Å². The van der Waals surface area contributed by atoms with Crippen molar-refractivity contribution >= 4 is 5.91 Å². The maximum atomic E-state index is 11.5. The fraction of sp³-hybridized carbons (Fsp3) is 0.556. The number of H-pyrrole nitrogens is 1. The molecule has 1 rings (SSSR count). The summed E-state index contributed by atoms with van der Waals surface area (Å²) in [6, 6.07) is 0. The number of nitrogens with one attached hydrogen (secondary N) is 2. The second-order valence-electron chi connectivity index (χ2n) is 4.04. The first-order valence-corrected chi connectivity index (χ1v) is 4.52. The van der Waals surface area contributed by atoms with Crippen molar-refractivity contribution in [2.24, 2.45) is 11.1 Å². The summed E-state index contributed by atoms with van der Waals surface area (Å²) in [5, 5.41) is 9.08. The van der Waals surface area contributed by atoms with E-state index in [4.69, 9.17) is 5.73 Å². The van der Waals surface area contributed by atoms with Crippen LogP contribution in [0.4, 0.5) is 0 Å². The van der Waals surface area contributed by atoms with E-state index in [1.807, 2.05) is 13.8 Å². The molecule has 0 bridgehead atoms. The fourth-order valence-corrected chi connectivity index (χ4v) is 0.869. The number of hydrogen-bond donors (Lipinski definition) is 3. The molecule has 0 atom stereocenters. The van der Waals surface area contributed by atoms with E-state index in [9.17, 15) is 4.79 Å². The average Bonchev–Trinajstić information content (AvgIpc) is 2.67. The van der Waals surface area contributed by atoms with Gasteiger partial charge in [0.05, 0.1) is 11.8 Å². The smallest absolute Gasteiger partial charge is 0.254 e. The molecule has 1 aromatic heterocycles. The number of aromatic amines is 1. The first-order chi connectivity index (χ1) is 6.55. The van der Waals surface area contributed by atoms with Gasteiger partial charge in [-0.05, 0) is 12.0 Å². The van der Waals surface area contributed by atoms with Gasteiger partial charge in [-0.3, -0.25) is 9.89 Å². The molecule has 1 heterocycles. The topological polar surface area (TPSA) is 83.8 Å². The largest absolute Gasteiger partial charge is 0.351 e. The van der Waals surface area contributed by atoms with Gasteiger partial charge >= 0.3 is 0 Å². The number of carbonyl (C=O) groups is 1. The van der Waals surface area contributed by atoms with Crippen LogP contribution in [0.2, 0.25) is 0 Å². The molecule has 1 amide bonds. The highest BCUT2D eigenvalue weighted by Gasteiger charge is 2.17. The minimum absolute atomic E-state index is 0.0700. The highest BCUT2D eigenvalue weighted by atomic mass is 16.1. The third-order valence-electron chi connectivity index (χ3n) is 2.04. The summed E-state index contributed by atoms with van der Waals surface area (Å²) in [7, 11) is 0. The predicted molar refractivity (Wildman–Crippen MR) is 53.8 cm³/mol. The van der Waals surface area contributed by atoms with Crippen molar-refractivity contribution < 1.29 is 4.79 Å². The van der Waals surface area contributed by atoms with Gasteiger partial charge in [0, 0.05) is 12.7 Å². The molecule has 0 spiro atoms. The summed E-state index contributed by atoms with van der Waals surface area (Å²) in [4.78, 5) is 11.5. The zero-order valence-corrected chi connectivity index (χ0v) is 8.50. The van der Waals surface area contributed by atoms with Gasteiger partial charge in [-0.15, -0.1) is 0 Å². The SMILES string of the molecule is CC(C)(CN)CNC(=O)c1cn[nH]c1. The first kappa shape index (κ1) is 10.7. The van der Waals surface area contributed by atoms with Crippen molar-refractivity contribution in [2.45, 2.75) is 13.8 Å². The summed E-state index contributed by atoms with van der Waals surface area (Å²) in [6.07, 6.45) is 3.05. The molecule has 1 aromatic rings. The van der Waals surface area contributed by atoms with Crippen molar-refractivity contribution in [3.05, 3.63) is 18.0 Å². The lowest BCUT2D eigenvalue weighted by Gasteiger charge is -2.22. The molecule has 0 aromatic carbocycles. The molecule has 0 aliphatic rings. The van der Waals surface area contributed by atoms with Gasteiger partial charge in [0.1, 0.15) is 0 Å². The van der Waals surface area contributed by atoms with Crippen LogP contribution < -0.4 is 11.1 Å². The van der Waals surface area contributed by atoms with Crippen LogP contribution in [-0.4, -0.2) is 29.2 Å². The molecule has 0 fully saturated rings. The number of nitrogens with zero attached hydrogens (tertiary/aromatic N) is 1. The first-order valence-electron chi connectivity index (χ1n) is 4.52. The van der Waals surface area contributed by atoms with Gasteiger partial charge in [-0.1, -0.05) is 13.8 Å². The summed E-state index contributed by atoms with van der Waals surface area (Å²) in [5.74, 6) is -0.125. The minimum atomic E-state index is -0.125. The zero-order chi connectivity index (χ0) is 10.6. The maximum absolute atomic E-state index is 11.5. The quantitative estimate of drug-likeness (QED) is 0.639. The molecule has 0 saturated heterocycles. The van der Waals surface area contributed by atoms with Gasteiger partial charge in [-0.2, -0.15) is 5.10 Å². The van der Waals surface area contributed by atoms with Gasteiger partial charge in [0.15, 0.2) is 0 Å².